The molecule has 4 nitrogen and oxygen atoms in total. The van der Waals surface area contributed by atoms with E-state index in [2.05, 4.69) is 5.32 Å². The van der Waals surface area contributed by atoms with Crippen molar-refractivity contribution in [2.75, 3.05) is 0 Å². The second-order valence-corrected chi connectivity index (χ2v) is 7.36. The van der Waals surface area contributed by atoms with Gasteiger partial charge in [-0.15, -0.1) is 0 Å². The quantitative estimate of drug-likeness (QED) is 0.624. The lowest BCUT2D eigenvalue weighted by Crippen LogP contribution is -2.46. The fourth-order valence-corrected chi connectivity index (χ4v) is 3.88. The van der Waals surface area contributed by atoms with Gasteiger partial charge in [-0.3, -0.25) is 9.69 Å². The van der Waals surface area contributed by atoms with E-state index in [1.807, 2.05) is 48.5 Å². The number of carbonyl (C=O) groups is 2. The molecule has 1 atom stereocenters. The van der Waals surface area contributed by atoms with Crippen molar-refractivity contribution < 1.29 is 14.0 Å². The first kappa shape index (κ1) is 19.2. The monoisotopic (exact) mass is 408 g/mol. The Labute approximate surface area is 172 Å². The number of benzene rings is 3. The van der Waals surface area contributed by atoms with Gasteiger partial charge in [-0.1, -0.05) is 78.3 Å². The molecule has 146 valence electrons. The number of hydrogen-bond acceptors (Lipinski definition) is 2. The Balaban J connectivity index is 1.75. The number of urea groups is 1. The van der Waals surface area contributed by atoms with E-state index in [1.54, 1.807) is 12.1 Å². The topological polar surface area (TPSA) is 49.4 Å². The van der Waals surface area contributed by atoms with Gasteiger partial charge in [0, 0.05) is 17.0 Å². The van der Waals surface area contributed by atoms with Crippen molar-refractivity contribution >= 4 is 23.5 Å². The Kier molecular flexibility index (Phi) is 5.07. The molecule has 29 heavy (non-hydrogen) atoms. The Morgan fingerprint density at radius 3 is 2.21 bits per heavy atom. The molecule has 1 heterocycles. The first-order valence-electron chi connectivity index (χ1n) is 9.18. The van der Waals surface area contributed by atoms with E-state index in [0.29, 0.717) is 5.56 Å². The van der Waals surface area contributed by atoms with Gasteiger partial charge >= 0.3 is 6.03 Å². The summed E-state index contributed by atoms with van der Waals surface area (Å²) in [6, 6.07) is 22.3. The van der Waals surface area contributed by atoms with E-state index in [1.165, 1.54) is 18.2 Å². The van der Waals surface area contributed by atoms with Gasteiger partial charge in [-0.2, -0.15) is 0 Å². The number of rotatable bonds is 5. The molecule has 3 aromatic carbocycles. The van der Waals surface area contributed by atoms with Crippen LogP contribution in [-0.4, -0.2) is 16.8 Å². The third-order valence-corrected chi connectivity index (χ3v) is 5.49. The van der Waals surface area contributed by atoms with Gasteiger partial charge < -0.3 is 5.32 Å². The molecule has 0 spiro atoms. The third-order valence-electron chi connectivity index (χ3n) is 5.13. The third kappa shape index (κ3) is 3.49. The van der Waals surface area contributed by atoms with Gasteiger partial charge in [-0.25, -0.2) is 9.18 Å². The highest BCUT2D eigenvalue weighted by Gasteiger charge is 2.52. The number of nitrogens with one attached hydrogen (secondary N) is 1. The van der Waals surface area contributed by atoms with E-state index in [4.69, 9.17) is 11.6 Å². The van der Waals surface area contributed by atoms with Crippen molar-refractivity contribution in [1.82, 2.24) is 10.2 Å². The molecule has 4 rings (SSSR count). The maximum Gasteiger partial charge on any atom is 0.325 e. The molecule has 0 unspecified atom stereocenters. The molecule has 6 heteroatoms. The van der Waals surface area contributed by atoms with Gasteiger partial charge in [0.05, 0.1) is 6.54 Å². The van der Waals surface area contributed by atoms with Gasteiger partial charge in [0.2, 0.25) is 0 Å². The lowest BCUT2D eigenvalue weighted by atomic mass is 9.83. The van der Waals surface area contributed by atoms with Crippen LogP contribution in [0.15, 0.2) is 78.9 Å². The van der Waals surface area contributed by atoms with Crippen LogP contribution in [0.1, 0.15) is 16.7 Å². The molecule has 0 bridgehead atoms. The number of carbonyl (C=O) groups excluding carboxylic acids is 2. The van der Waals surface area contributed by atoms with Crippen molar-refractivity contribution in [2.24, 2.45) is 0 Å². The normalized spacial score (nSPS) is 18.8. The Morgan fingerprint density at radius 1 is 0.897 bits per heavy atom. The van der Waals surface area contributed by atoms with Crippen LogP contribution in [0.2, 0.25) is 5.02 Å². The zero-order valence-electron chi connectivity index (χ0n) is 15.4. The lowest BCUT2D eigenvalue weighted by Gasteiger charge is -2.27. The average Bonchev–Trinajstić information content (AvgIpc) is 2.97. The van der Waals surface area contributed by atoms with Gasteiger partial charge in [-0.05, 0) is 23.3 Å². The smallest absolute Gasteiger partial charge is 0.319 e. The second-order valence-electron chi connectivity index (χ2n) is 6.96. The SMILES string of the molecule is O=C1N[C@](Cc2ccccc2)(c2ccccc2)C(=O)N1Cc1c(F)cccc1Cl. The highest BCUT2D eigenvalue weighted by Crippen LogP contribution is 2.34. The first-order chi connectivity index (χ1) is 14.0. The zero-order chi connectivity index (χ0) is 20.4. The molecule has 0 aliphatic carbocycles. The Hall–Kier alpha value is -3.18. The van der Waals surface area contributed by atoms with Crippen LogP contribution < -0.4 is 5.32 Å². The Bertz CT molecular complexity index is 1040. The predicted molar refractivity (Wildman–Crippen MR) is 109 cm³/mol. The van der Waals surface area contributed by atoms with Crippen LogP contribution in [0.25, 0.3) is 0 Å². The van der Waals surface area contributed by atoms with Crippen molar-refractivity contribution in [3.05, 3.63) is 106 Å². The molecule has 3 aromatic rings. The summed E-state index contributed by atoms with van der Waals surface area (Å²) in [5.74, 6) is -0.991. The molecule has 0 radical (unpaired) electrons. The van der Waals surface area contributed by atoms with Crippen molar-refractivity contribution in [1.29, 1.82) is 0 Å². The van der Waals surface area contributed by atoms with Gasteiger partial charge in [0.15, 0.2) is 5.54 Å². The van der Waals surface area contributed by atoms with Gasteiger partial charge in [0.25, 0.3) is 5.91 Å². The fraction of sp³-hybridized carbons (Fsp3) is 0.130. The summed E-state index contributed by atoms with van der Waals surface area (Å²) in [6.07, 6.45) is 0.282. The zero-order valence-corrected chi connectivity index (χ0v) is 16.2. The summed E-state index contributed by atoms with van der Waals surface area (Å²) in [5, 5.41) is 3.04. The Morgan fingerprint density at radius 2 is 1.55 bits per heavy atom. The van der Waals surface area contributed by atoms with Crippen molar-refractivity contribution in [3.8, 4) is 0 Å². The predicted octanol–water partition coefficient (Wildman–Crippen LogP) is 4.67. The number of nitrogens with zero attached hydrogens (tertiary/aromatic N) is 1. The number of amides is 3. The number of hydrogen-bond donors (Lipinski definition) is 1. The fourth-order valence-electron chi connectivity index (χ4n) is 3.65. The second kappa shape index (κ2) is 7.68. The highest BCUT2D eigenvalue weighted by atomic mass is 35.5. The van der Waals surface area contributed by atoms with Crippen LogP contribution in [0.4, 0.5) is 9.18 Å². The van der Waals surface area contributed by atoms with E-state index >= 15 is 0 Å². The lowest BCUT2D eigenvalue weighted by molar-refractivity contribution is -0.132. The molecule has 1 N–H and O–H groups in total. The van der Waals surface area contributed by atoms with Gasteiger partial charge in [0.1, 0.15) is 5.82 Å². The number of halogens is 2. The highest BCUT2D eigenvalue weighted by molar-refractivity contribution is 6.31. The maximum absolute atomic E-state index is 14.3. The minimum atomic E-state index is -1.27. The maximum atomic E-state index is 14.3. The van der Waals surface area contributed by atoms with Crippen molar-refractivity contribution in [2.45, 2.75) is 18.5 Å². The number of imide groups is 1. The minimum absolute atomic E-state index is 0.112. The summed E-state index contributed by atoms with van der Waals surface area (Å²) in [5.41, 5.74) is 0.415. The molecule has 0 saturated carbocycles. The van der Waals surface area contributed by atoms with Crippen LogP contribution in [0, 0.1) is 5.82 Å². The average molecular weight is 409 g/mol. The summed E-state index contributed by atoms with van der Waals surface area (Å²) >= 11 is 6.11. The standard InChI is InChI=1S/C23H18ClFN2O2/c24-19-12-7-13-20(25)18(19)15-27-21(28)23(26-22(27)29,17-10-5-2-6-11-17)14-16-8-3-1-4-9-16/h1-13H,14-15H2,(H,26,29)/t23-/m1/s1. The summed E-state index contributed by atoms with van der Waals surface area (Å²) in [7, 11) is 0. The van der Waals surface area contributed by atoms with E-state index < -0.39 is 23.3 Å². The van der Waals surface area contributed by atoms with Crippen molar-refractivity contribution in [3.63, 3.8) is 0 Å². The molecule has 1 fully saturated rings. The minimum Gasteiger partial charge on any atom is -0.319 e. The molecule has 1 aliphatic heterocycles. The first-order valence-corrected chi connectivity index (χ1v) is 9.55. The molecular weight excluding hydrogens is 391 g/mol. The molecule has 1 aliphatic rings. The molecule has 3 amide bonds. The summed E-state index contributed by atoms with van der Waals surface area (Å²) < 4.78 is 14.3. The summed E-state index contributed by atoms with van der Waals surface area (Å²) in [4.78, 5) is 27.4. The molecule has 0 aromatic heterocycles. The van der Waals surface area contributed by atoms with E-state index in [9.17, 15) is 14.0 Å². The summed E-state index contributed by atoms with van der Waals surface area (Å²) in [6.45, 7) is -0.237. The van der Waals surface area contributed by atoms with E-state index in [-0.39, 0.29) is 23.6 Å². The van der Waals surface area contributed by atoms with Crippen LogP contribution in [-0.2, 0) is 23.3 Å². The van der Waals surface area contributed by atoms with Crippen LogP contribution in [0.3, 0.4) is 0 Å². The van der Waals surface area contributed by atoms with Crippen LogP contribution in [0.5, 0.6) is 0 Å². The molecular formula is C23H18ClFN2O2. The van der Waals surface area contributed by atoms with E-state index in [0.717, 1.165) is 10.5 Å². The largest absolute Gasteiger partial charge is 0.325 e. The van der Waals surface area contributed by atoms with Crippen LogP contribution >= 0.6 is 11.6 Å². The molecule has 1 saturated heterocycles.